The van der Waals surface area contributed by atoms with Crippen LogP contribution in [0.3, 0.4) is 0 Å². The molecule has 0 saturated carbocycles. The number of urea groups is 1. The molecular weight excluding hydrogens is 278 g/mol. The Bertz CT molecular complexity index is 360. The summed E-state index contributed by atoms with van der Waals surface area (Å²) in [5.41, 5.74) is 0. The largest absolute Gasteiger partial charge is 0.480 e. The molecule has 0 heterocycles. The van der Waals surface area contributed by atoms with E-state index in [2.05, 4.69) is 16.0 Å². The quantitative estimate of drug-likeness (QED) is 0.445. The van der Waals surface area contributed by atoms with Gasteiger partial charge in [-0.3, -0.25) is 4.79 Å². The summed E-state index contributed by atoms with van der Waals surface area (Å²) in [5.74, 6) is -1.34. The fourth-order valence-electron chi connectivity index (χ4n) is 1.58. The monoisotopic (exact) mass is 303 g/mol. The predicted molar refractivity (Wildman–Crippen MR) is 76.9 cm³/mol. The number of carboxylic acid groups (broad SMARTS) is 1. The first-order valence-corrected chi connectivity index (χ1v) is 6.84. The van der Waals surface area contributed by atoms with Gasteiger partial charge in [0.15, 0.2) is 0 Å². The van der Waals surface area contributed by atoms with Crippen molar-refractivity contribution in [1.29, 1.82) is 0 Å². The van der Waals surface area contributed by atoms with Crippen LogP contribution in [0, 0.1) is 5.92 Å². The third-order valence-corrected chi connectivity index (χ3v) is 2.66. The number of hydrogen-bond acceptors (Lipinski definition) is 4. The lowest BCUT2D eigenvalue weighted by Gasteiger charge is -2.19. The molecule has 0 spiro atoms. The molecule has 0 radical (unpaired) electrons. The highest BCUT2D eigenvalue weighted by Gasteiger charge is 2.22. The maximum absolute atomic E-state index is 11.7. The molecule has 0 fully saturated rings. The maximum atomic E-state index is 11.7. The van der Waals surface area contributed by atoms with Crippen LogP contribution in [0.2, 0.25) is 0 Å². The van der Waals surface area contributed by atoms with Crippen LogP contribution in [0.5, 0.6) is 0 Å². The normalized spacial score (nSPS) is 13.4. The summed E-state index contributed by atoms with van der Waals surface area (Å²) in [6, 6.07) is -2.43. The Morgan fingerprint density at radius 2 is 1.76 bits per heavy atom. The van der Waals surface area contributed by atoms with Crippen molar-refractivity contribution in [2.24, 2.45) is 5.92 Å². The zero-order chi connectivity index (χ0) is 16.4. The smallest absolute Gasteiger partial charge is 0.326 e. The molecule has 0 bridgehead atoms. The molecule has 21 heavy (non-hydrogen) atoms. The van der Waals surface area contributed by atoms with Crippen molar-refractivity contribution in [2.45, 2.75) is 39.3 Å². The van der Waals surface area contributed by atoms with Crippen LogP contribution in [0.1, 0.15) is 27.2 Å². The van der Waals surface area contributed by atoms with Crippen LogP contribution in [0.4, 0.5) is 4.79 Å². The van der Waals surface area contributed by atoms with E-state index in [0.29, 0.717) is 19.6 Å². The minimum Gasteiger partial charge on any atom is -0.480 e. The summed E-state index contributed by atoms with van der Waals surface area (Å²) in [6.07, 6.45) is 0.317. The number of methoxy groups -OCH3 is 1. The van der Waals surface area contributed by atoms with Crippen LogP contribution >= 0.6 is 0 Å². The standard InChI is InChI=1S/C13H25N3O5/c1-8(2)7-10(12(18)19)16-13(20)15-9(3)11(17)14-5-6-21-4/h8-10H,5-7H2,1-4H3,(H,14,17)(H,18,19)(H2,15,16,20)/t9?,10-/m0/s1. The third kappa shape index (κ3) is 8.85. The van der Waals surface area contributed by atoms with Gasteiger partial charge >= 0.3 is 12.0 Å². The van der Waals surface area contributed by atoms with Gasteiger partial charge in [-0.05, 0) is 19.3 Å². The van der Waals surface area contributed by atoms with E-state index in [1.165, 1.54) is 14.0 Å². The lowest BCUT2D eigenvalue weighted by molar-refractivity contribution is -0.139. The second-order valence-corrected chi connectivity index (χ2v) is 5.14. The van der Waals surface area contributed by atoms with E-state index in [0.717, 1.165) is 0 Å². The molecule has 4 N–H and O–H groups in total. The van der Waals surface area contributed by atoms with E-state index in [1.54, 1.807) is 0 Å². The van der Waals surface area contributed by atoms with Gasteiger partial charge in [-0.15, -0.1) is 0 Å². The van der Waals surface area contributed by atoms with Gasteiger partial charge in [-0.2, -0.15) is 0 Å². The molecule has 0 rings (SSSR count). The number of hydrogen-bond donors (Lipinski definition) is 4. The number of carboxylic acids is 1. The average molecular weight is 303 g/mol. The minimum atomic E-state index is -1.10. The van der Waals surface area contributed by atoms with Gasteiger partial charge in [0.05, 0.1) is 6.61 Å². The molecule has 3 amide bonds. The Kier molecular flexibility index (Phi) is 9.11. The molecule has 0 aromatic heterocycles. The molecule has 8 heteroatoms. The van der Waals surface area contributed by atoms with Crippen LogP contribution in [-0.2, 0) is 14.3 Å². The van der Waals surface area contributed by atoms with Gasteiger partial charge in [0, 0.05) is 13.7 Å². The number of carbonyl (C=O) groups excluding carboxylic acids is 2. The third-order valence-electron chi connectivity index (χ3n) is 2.66. The SMILES string of the molecule is COCCNC(=O)C(C)NC(=O)N[C@@H](CC(C)C)C(=O)O. The molecule has 0 aliphatic carbocycles. The molecular formula is C13H25N3O5. The number of aliphatic carboxylic acids is 1. The maximum Gasteiger partial charge on any atom is 0.326 e. The van der Waals surface area contributed by atoms with Crippen molar-refractivity contribution < 1.29 is 24.2 Å². The fourth-order valence-corrected chi connectivity index (χ4v) is 1.58. The average Bonchev–Trinajstić information content (AvgIpc) is 2.37. The number of nitrogens with one attached hydrogen (secondary N) is 3. The van der Waals surface area contributed by atoms with Gasteiger partial charge in [0.1, 0.15) is 12.1 Å². The van der Waals surface area contributed by atoms with Crippen LogP contribution in [0.15, 0.2) is 0 Å². The summed E-state index contributed by atoms with van der Waals surface area (Å²) in [5, 5.41) is 16.3. The molecule has 0 aromatic rings. The first kappa shape index (κ1) is 19.2. The Labute approximate surface area is 124 Å². The van der Waals surface area contributed by atoms with Crippen molar-refractivity contribution >= 4 is 17.9 Å². The van der Waals surface area contributed by atoms with Crippen LogP contribution < -0.4 is 16.0 Å². The van der Waals surface area contributed by atoms with E-state index in [1.807, 2.05) is 13.8 Å². The van der Waals surface area contributed by atoms with Crippen molar-refractivity contribution in [3.05, 3.63) is 0 Å². The Morgan fingerprint density at radius 1 is 1.14 bits per heavy atom. The number of amides is 3. The van der Waals surface area contributed by atoms with E-state index >= 15 is 0 Å². The summed E-state index contributed by atoms with van der Waals surface area (Å²) in [7, 11) is 1.52. The Balaban J connectivity index is 4.26. The molecule has 122 valence electrons. The van der Waals surface area contributed by atoms with Crippen molar-refractivity contribution in [3.63, 3.8) is 0 Å². The molecule has 8 nitrogen and oxygen atoms in total. The van der Waals surface area contributed by atoms with Gasteiger partial charge in [-0.1, -0.05) is 13.8 Å². The van der Waals surface area contributed by atoms with E-state index < -0.39 is 24.1 Å². The highest BCUT2D eigenvalue weighted by molar-refractivity contribution is 5.88. The second-order valence-electron chi connectivity index (χ2n) is 5.14. The number of carbonyl (C=O) groups is 3. The van der Waals surface area contributed by atoms with Crippen molar-refractivity contribution in [1.82, 2.24) is 16.0 Å². The molecule has 0 saturated heterocycles. The van der Waals surface area contributed by atoms with Gasteiger partial charge in [-0.25, -0.2) is 9.59 Å². The van der Waals surface area contributed by atoms with Crippen LogP contribution in [-0.4, -0.2) is 55.4 Å². The fraction of sp³-hybridized carbons (Fsp3) is 0.769. The first-order chi connectivity index (χ1) is 9.77. The second kappa shape index (κ2) is 9.98. The number of ether oxygens (including phenoxy) is 1. The minimum absolute atomic E-state index is 0.126. The zero-order valence-corrected chi connectivity index (χ0v) is 12.9. The van der Waals surface area contributed by atoms with Gasteiger partial charge in [0.25, 0.3) is 0 Å². The summed E-state index contributed by atoms with van der Waals surface area (Å²) in [6.45, 7) is 5.96. The van der Waals surface area contributed by atoms with E-state index in [9.17, 15) is 14.4 Å². The van der Waals surface area contributed by atoms with Crippen LogP contribution in [0.25, 0.3) is 0 Å². The number of rotatable bonds is 9. The molecule has 1 unspecified atom stereocenters. The summed E-state index contributed by atoms with van der Waals surface area (Å²) < 4.78 is 4.79. The lowest BCUT2D eigenvalue weighted by Crippen LogP contribution is -2.52. The Hall–Kier alpha value is -1.83. The molecule has 2 atom stereocenters. The van der Waals surface area contributed by atoms with Crippen molar-refractivity contribution in [3.8, 4) is 0 Å². The molecule has 0 aromatic carbocycles. The first-order valence-electron chi connectivity index (χ1n) is 6.84. The van der Waals surface area contributed by atoms with E-state index in [4.69, 9.17) is 9.84 Å². The highest BCUT2D eigenvalue weighted by atomic mass is 16.5. The molecule has 0 aliphatic rings. The molecule has 0 aliphatic heterocycles. The van der Waals surface area contributed by atoms with Gasteiger partial charge in [0.2, 0.25) is 5.91 Å². The summed E-state index contributed by atoms with van der Waals surface area (Å²) >= 11 is 0. The highest BCUT2D eigenvalue weighted by Crippen LogP contribution is 2.04. The zero-order valence-electron chi connectivity index (χ0n) is 12.9. The lowest BCUT2D eigenvalue weighted by atomic mass is 10.0. The summed E-state index contributed by atoms with van der Waals surface area (Å²) in [4.78, 5) is 34.3. The topological polar surface area (TPSA) is 117 Å². The van der Waals surface area contributed by atoms with Crippen molar-refractivity contribution in [2.75, 3.05) is 20.3 Å². The van der Waals surface area contributed by atoms with E-state index in [-0.39, 0.29) is 11.8 Å². The Morgan fingerprint density at radius 3 is 2.24 bits per heavy atom. The van der Waals surface area contributed by atoms with Gasteiger partial charge < -0.3 is 25.8 Å². The predicted octanol–water partition coefficient (Wildman–Crippen LogP) is -0.0640.